The Morgan fingerprint density at radius 2 is 1.88 bits per heavy atom. The van der Waals surface area contributed by atoms with Crippen LogP contribution in [0.5, 0.6) is 11.5 Å². The van der Waals surface area contributed by atoms with Crippen molar-refractivity contribution in [3.63, 3.8) is 0 Å². The second kappa shape index (κ2) is 14.1. The van der Waals surface area contributed by atoms with E-state index >= 15 is 0 Å². The fourth-order valence-corrected chi connectivity index (χ4v) is 6.97. The summed E-state index contributed by atoms with van der Waals surface area (Å²) >= 11 is 0. The highest BCUT2D eigenvalue weighted by atomic mass is 16.6. The quantitative estimate of drug-likeness (QED) is 0.151. The zero-order chi connectivity index (χ0) is 30.4. The highest BCUT2D eigenvalue weighted by Crippen LogP contribution is 2.53. The Kier molecular flexibility index (Phi) is 11.4. The summed E-state index contributed by atoms with van der Waals surface area (Å²) < 4.78 is 6.31. The van der Waals surface area contributed by atoms with Gasteiger partial charge in [-0.2, -0.15) is 0 Å². The second-order valence-corrected chi connectivity index (χ2v) is 13.9. The summed E-state index contributed by atoms with van der Waals surface area (Å²) in [7, 11) is 0. The van der Waals surface area contributed by atoms with E-state index in [-0.39, 0.29) is 28.4 Å². The van der Waals surface area contributed by atoms with E-state index in [2.05, 4.69) is 47.6 Å². The number of aryl methyl sites for hydroxylation is 1. The summed E-state index contributed by atoms with van der Waals surface area (Å²) in [6, 6.07) is 1.68. The highest BCUT2D eigenvalue weighted by Gasteiger charge is 2.44. The maximum atomic E-state index is 13.9. The number of benzene rings is 1. The van der Waals surface area contributed by atoms with Crippen LogP contribution in [0, 0.1) is 11.3 Å². The molecule has 0 amide bonds. The van der Waals surface area contributed by atoms with Gasteiger partial charge in [-0.25, -0.2) is 4.79 Å². The standard InChI is InChI=1S/C37H56O4/c1-9-10-11-17-28-23-32(38)30(19-18-26(4)15-12-14-25(2)3)34(39)33(28)35(40)41-36(6,7)29-20-22-37(8)21-13-16-27(5)31(37)24-29/h14,18,23,29,38-39H,9-13,15-17,19-22,24H2,1-8H3. The van der Waals surface area contributed by atoms with Gasteiger partial charge in [0.05, 0.1) is 0 Å². The van der Waals surface area contributed by atoms with Gasteiger partial charge in [-0.15, -0.1) is 0 Å². The number of carbonyl (C=O) groups is 1. The number of unbranched alkanes of at least 4 members (excludes halogenated alkanes) is 2. The number of hydrogen-bond acceptors (Lipinski definition) is 4. The Morgan fingerprint density at radius 3 is 2.56 bits per heavy atom. The molecule has 1 fully saturated rings. The van der Waals surface area contributed by atoms with Crippen LogP contribution in [0.25, 0.3) is 0 Å². The molecule has 0 radical (unpaired) electrons. The molecular weight excluding hydrogens is 508 g/mol. The SMILES string of the molecule is CCCCCc1cc(O)c(CC=C(C)CCC=C(C)C)c(O)c1C(=O)OC(C)(C)C1CCC2(C)CCCC(C)=C2C1. The minimum atomic E-state index is -0.671. The van der Waals surface area contributed by atoms with Crippen molar-refractivity contribution in [1.82, 2.24) is 0 Å². The normalized spacial score (nSPS) is 21.5. The number of aromatic hydroxyl groups is 2. The van der Waals surface area contributed by atoms with E-state index < -0.39 is 11.6 Å². The minimum Gasteiger partial charge on any atom is -0.508 e. The summed E-state index contributed by atoms with van der Waals surface area (Å²) in [6.07, 6.45) is 16.9. The van der Waals surface area contributed by atoms with Gasteiger partial charge in [0.25, 0.3) is 0 Å². The molecule has 2 atom stereocenters. The average molecular weight is 565 g/mol. The van der Waals surface area contributed by atoms with Crippen LogP contribution >= 0.6 is 0 Å². The summed E-state index contributed by atoms with van der Waals surface area (Å²) in [4.78, 5) is 13.9. The molecule has 228 valence electrons. The fourth-order valence-electron chi connectivity index (χ4n) is 6.97. The lowest BCUT2D eigenvalue weighted by atomic mass is 9.59. The monoisotopic (exact) mass is 564 g/mol. The van der Waals surface area contributed by atoms with Crippen molar-refractivity contribution in [3.8, 4) is 11.5 Å². The molecule has 4 nitrogen and oxygen atoms in total. The van der Waals surface area contributed by atoms with Crippen molar-refractivity contribution < 1.29 is 19.7 Å². The maximum Gasteiger partial charge on any atom is 0.342 e. The van der Waals surface area contributed by atoms with Crippen molar-refractivity contribution in [1.29, 1.82) is 0 Å². The zero-order valence-corrected chi connectivity index (χ0v) is 27.2. The third-order valence-electron chi connectivity index (χ3n) is 9.82. The summed E-state index contributed by atoms with van der Waals surface area (Å²) in [6.45, 7) is 17.2. The number of rotatable bonds is 12. The molecular formula is C37H56O4. The third-order valence-corrected chi connectivity index (χ3v) is 9.82. The molecule has 41 heavy (non-hydrogen) atoms. The van der Waals surface area contributed by atoms with Crippen LogP contribution in [0.2, 0.25) is 0 Å². The van der Waals surface area contributed by atoms with Crippen molar-refractivity contribution >= 4 is 5.97 Å². The molecule has 2 aliphatic carbocycles. The van der Waals surface area contributed by atoms with Gasteiger partial charge < -0.3 is 14.9 Å². The van der Waals surface area contributed by atoms with Gasteiger partial charge in [0.15, 0.2) is 0 Å². The van der Waals surface area contributed by atoms with Gasteiger partial charge in [-0.05, 0) is 129 Å². The molecule has 0 bridgehead atoms. The molecule has 0 saturated heterocycles. The van der Waals surface area contributed by atoms with Crippen LogP contribution in [-0.2, 0) is 17.6 Å². The van der Waals surface area contributed by atoms with Gasteiger partial charge >= 0.3 is 5.97 Å². The maximum absolute atomic E-state index is 13.9. The largest absolute Gasteiger partial charge is 0.508 e. The molecule has 0 heterocycles. The highest BCUT2D eigenvalue weighted by molar-refractivity contribution is 5.95. The fraction of sp³-hybridized carbons (Fsp3) is 0.649. The Bertz CT molecular complexity index is 1180. The Balaban J connectivity index is 1.88. The number of esters is 1. The summed E-state index contributed by atoms with van der Waals surface area (Å²) in [5.41, 5.74) is 6.49. The molecule has 3 rings (SSSR count). The van der Waals surface area contributed by atoms with E-state index in [1.54, 1.807) is 11.6 Å². The number of hydrogen-bond donors (Lipinski definition) is 2. The van der Waals surface area contributed by atoms with E-state index in [4.69, 9.17) is 4.74 Å². The smallest absolute Gasteiger partial charge is 0.342 e. The van der Waals surface area contributed by atoms with Crippen LogP contribution in [0.15, 0.2) is 40.5 Å². The van der Waals surface area contributed by atoms with Crippen LogP contribution in [0.4, 0.5) is 0 Å². The van der Waals surface area contributed by atoms with Crippen molar-refractivity contribution in [2.75, 3.05) is 0 Å². The van der Waals surface area contributed by atoms with E-state index in [0.717, 1.165) is 51.4 Å². The molecule has 0 aromatic heterocycles. The van der Waals surface area contributed by atoms with E-state index in [1.807, 2.05) is 19.9 Å². The van der Waals surface area contributed by atoms with E-state index in [1.165, 1.54) is 36.0 Å². The van der Waals surface area contributed by atoms with Crippen molar-refractivity contribution in [3.05, 3.63) is 57.2 Å². The Morgan fingerprint density at radius 1 is 1.15 bits per heavy atom. The number of carbonyl (C=O) groups excluding carboxylic acids is 1. The number of phenols is 2. The molecule has 2 unspecified atom stereocenters. The van der Waals surface area contributed by atoms with E-state index in [9.17, 15) is 15.0 Å². The average Bonchev–Trinajstić information content (AvgIpc) is 2.87. The number of fused-ring (bicyclic) bond motifs is 1. The van der Waals surface area contributed by atoms with E-state index in [0.29, 0.717) is 24.0 Å². The lowest BCUT2D eigenvalue weighted by Crippen LogP contribution is -2.42. The molecule has 0 aliphatic heterocycles. The van der Waals surface area contributed by atoms with Crippen molar-refractivity contribution in [2.45, 2.75) is 144 Å². The number of phenolic OH excluding ortho intramolecular Hbond substituents is 2. The summed E-state index contributed by atoms with van der Waals surface area (Å²) in [5, 5.41) is 22.4. The van der Waals surface area contributed by atoms with Gasteiger partial charge in [-0.1, -0.05) is 61.1 Å². The lowest BCUT2D eigenvalue weighted by Gasteiger charge is -2.47. The predicted octanol–water partition coefficient (Wildman–Crippen LogP) is 10.3. The van der Waals surface area contributed by atoms with Crippen LogP contribution in [0.1, 0.15) is 148 Å². The first-order chi connectivity index (χ1) is 19.3. The molecule has 1 aromatic rings. The van der Waals surface area contributed by atoms with Gasteiger partial charge in [0.2, 0.25) is 0 Å². The topological polar surface area (TPSA) is 66.8 Å². The van der Waals surface area contributed by atoms with Gasteiger partial charge in [0, 0.05) is 11.5 Å². The lowest BCUT2D eigenvalue weighted by molar-refractivity contribution is -0.0409. The molecule has 1 saturated carbocycles. The molecule has 2 aliphatic rings. The first-order valence-electron chi connectivity index (χ1n) is 16.1. The van der Waals surface area contributed by atoms with Crippen molar-refractivity contribution in [2.24, 2.45) is 11.3 Å². The Hall–Kier alpha value is -2.49. The first kappa shape index (κ1) is 33.0. The van der Waals surface area contributed by atoms with Gasteiger partial charge in [-0.3, -0.25) is 0 Å². The molecule has 2 N–H and O–H groups in total. The minimum absolute atomic E-state index is 0.0458. The number of ether oxygens (including phenoxy) is 1. The second-order valence-electron chi connectivity index (χ2n) is 13.9. The first-order valence-corrected chi connectivity index (χ1v) is 16.1. The molecule has 1 aromatic carbocycles. The van der Waals surface area contributed by atoms with Gasteiger partial charge in [0.1, 0.15) is 22.7 Å². The summed E-state index contributed by atoms with van der Waals surface area (Å²) in [5.74, 6) is -0.333. The predicted molar refractivity (Wildman–Crippen MR) is 171 cm³/mol. The van der Waals surface area contributed by atoms with Crippen LogP contribution < -0.4 is 0 Å². The van der Waals surface area contributed by atoms with Crippen LogP contribution in [-0.4, -0.2) is 21.8 Å². The molecule has 4 heteroatoms. The molecule has 0 spiro atoms. The zero-order valence-electron chi connectivity index (χ0n) is 27.2. The Labute approximate surface area is 250 Å². The number of allylic oxidation sites excluding steroid dienone is 6. The van der Waals surface area contributed by atoms with Crippen LogP contribution in [0.3, 0.4) is 0 Å². The third kappa shape index (κ3) is 8.30.